The normalized spacial score (nSPS) is 10.5. The van der Waals surface area contributed by atoms with Crippen LogP contribution in [-0.4, -0.2) is 68.9 Å². The molecule has 15 heavy (non-hydrogen) atoms. The summed E-state index contributed by atoms with van der Waals surface area (Å²) < 4.78 is 30.5. The summed E-state index contributed by atoms with van der Waals surface area (Å²) in [5.41, 5.74) is 0. The second-order valence-corrected chi connectivity index (χ2v) is 4.59. The molecule has 0 aliphatic heterocycles. The van der Waals surface area contributed by atoms with Gasteiger partial charge in [0, 0.05) is 18.7 Å². The van der Waals surface area contributed by atoms with E-state index in [4.69, 9.17) is 0 Å². The first-order valence-electron chi connectivity index (χ1n) is 4.66. The number of hydrogen-bond acceptors (Lipinski definition) is 4. The molecule has 0 saturated carbocycles. The molecule has 84 valence electrons. The zero-order valence-electron chi connectivity index (χ0n) is 8.99. The maximum absolute atomic E-state index is 11.0. The molecule has 5 nitrogen and oxygen atoms in total. The molecule has 0 saturated heterocycles. The summed E-state index contributed by atoms with van der Waals surface area (Å²) in [4.78, 5) is 11.0. The minimum atomic E-state index is -4.14. The average Bonchev–Trinajstić information content (AvgIpc) is 2.07. The second-order valence-electron chi connectivity index (χ2n) is 3.07. The molecule has 1 N–H and O–H groups in total. The molecule has 0 aliphatic rings. The number of amides is 1. The molecule has 0 radical (unpaired) electrons. The molecular formula is C8H16CaNO4S+. The molecule has 0 rings (SSSR count). The van der Waals surface area contributed by atoms with Crippen molar-refractivity contribution in [3.05, 3.63) is 0 Å². The third kappa shape index (κ3) is 14.6. The Morgan fingerprint density at radius 3 is 2.40 bits per heavy atom. The van der Waals surface area contributed by atoms with Gasteiger partial charge in [0.15, 0.2) is 0 Å². The Labute approximate surface area is 121 Å². The molecule has 0 spiro atoms. The SMILES string of the molecule is CCCCC(=O)NCCCS(=O)(=O)[O-].[Ca+2]. The van der Waals surface area contributed by atoms with Gasteiger partial charge in [0.2, 0.25) is 5.91 Å². The number of carbonyl (C=O) groups is 1. The Bertz CT molecular complexity index is 266. The summed E-state index contributed by atoms with van der Waals surface area (Å²) >= 11 is 0. The van der Waals surface area contributed by atoms with Crippen LogP contribution in [0.25, 0.3) is 0 Å². The summed E-state index contributed by atoms with van der Waals surface area (Å²) in [6.07, 6.45) is 2.42. The van der Waals surface area contributed by atoms with Gasteiger partial charge in [-0.2, -0.15) is 0 Å². The third-order valence-electron chi connectivity index (χ3n) is 1.65. The predicted octanol–water partition coefficient (Wildman–Crippen LogP) is -0.153. The molecule has 0 aromatic rings. The first kappa shape index (κ1) is 18.0. The molecule has 0 atom stereocenters. The van der Waals surface area contributed by atoms with Crippen molar-refractivity contribution in [1.29, 1.82) is 0 Å². The van der Waals surface area contributed by atoms with Gasteiger partial charge in [-0.25, -0.2) is 8.42 Å². The molecule has 0 fully saturated rings. The van der Waals surface area contributed by atoms with Crippen molar-refractivity contribution >= 4 is 53.8 Å². The van der Waals surface area contributed by atoms with Crippen molar-refractivity contribution in [3.8, 4) is 0 Å². The van der Waals surface area contributed by atoms with Crippen LogP contribution in [0, 0.1) is 0 Å². The van der Waals surface area contributed by atoms with Crippen molar-refractivity contribution in [2.45, 2.75) is 32.6 Å². The van der Waals surface area contributed by atoms with E-state index < -0.39 is 15.9 Å². The third-order valence-corrected chi connectivity index (χ3v) is 2.44. The van der Waals surface area contributed by atoms with Crippen LogP contribution < -0.4 is 5.32 Å². The standard InChI is InChI=1S/C8H17NO4S.Ca/c1-2-3-5-8(10)9-6-4-7-14(11,12)13;/h2-7H2,1H3,(H,9,10)(H,11,12,13);/q;+2/p-1. The molecule has 0 bridgehead atoms. The Morgan fingerprint density at radius 1 is 1.33 bits per heavy atom. The largest absolute Gasteiger partial charge is 2.00 e. The van der Waals surface area contributed by atoms with Crippen LogP contribution in [0.1, 0.15) is 32.6 Å². The van der Waals surface area contributed by atoms with E-state index >= 15 is 0 Å². The van der Waals surface area contributed by atoms with Gasteiger partial charge in [0.1, 0.15) is 0 Å². The van der Waals surface area contributed by atoms with E-state index in [-0.39, 0.29) is 56.6 Å². The quantitative estimate of drug-likeness (QED) is 0.392. The van der Waals surface area contributed by atoms with Gasteiger partial charge in [-0.3, -0.25) is 4.79 Å². The summed E-state index contributed by atoms with van der Waals surface area (Å²) in [6, 6.07) is 0. The van der Waals surface area contributed by atoms with Crippen molar-refractivity contribution in [2.75, 3.05) is 12.3 Å². The van der Waals surface area contributed by atoms with E-state index in [0.717, 1.165) is 12.8 Å². The van der Waals surface area contributed by atoms with Crippen molar-refractivity contribution < 1.29 is 17.8 Å². The monoisotopic (exact) mass is 262 g/mol. The van der Waals surface area contributed by atoms with Gasteiger partial charge in [0.25, 0.3) is 0 Å². The average molecular weight is 262 g/mol. The van der Waals surface area contributed by atoms with Crippen molar-refractivity contribution in [1.82, 2.24) is 5.32 Å². The Balaban J connectivity index is 0. The number of carbonyl (C=O) groups excluding carboxylic acids is 1. The number of unbranched alkanes of at least 4 members (excludes halogenated alkanes) is 1. The molecule has 0 aliphatic carbocycles. The molecule has 0 aromatic carbocycles. The molecule has 1 amide bonds. The zero-order chi connectivity index (χ0) is 11.0. The number of hydrogen-bond donors (Lipinski definition) is 1. The van der Waals surface area contributed by atoms with Gasteiger partial charge in [-0.15, -0.1) is 0 Å². The van der Waals surface area contributed by atoms with Gasteiger partial charge >= 0.3 is 37.7 Å². The van der Waals surface area contributed by atoms with E-state index in [2.05, 4.69) is 5.32 Å². The topological polar surface area (TPSA) is 86.3 Å². The summed E-state index contributed by atoms with van der Waals surface area (Å²) in [5, 5.41) is 2.55. The summed E-state index contributed by atoms with van der Waals surface area (Å²) in [5.74, 6) is -0.503. The van der Waals surface area contributed by atoms with Crippen LogP contribution in [0.4, 0.5) is 0 Å². The Hall–Kier alpha value is 0.640. The van der Waals surface area contributed by atoms with Crippen LogP contribution in [0.5, 0.6) is 0 Å². The first-order chi connectivity index (χ1) is 6.45. The molecule has 0 aromatic heterocycles. The maximum Gasteiger partial charge on any atom is 2.00 e. The number of nitrogens with one attached hydrogen (secondary N) is 1. The van der Waals surface area contributed by atoms with Gasteiger partial charge in [0.05, 0.1) is 10.1 Å². The van der Waals surface area contributed by atoms with Gasteiger partial charge in [-0.1, -0.05) is 13.3 Å². The molecule has 7 heteroatoms. The van der Waals surface area contributed by atoms with Crippen molar-refractivity contribution in [2.24, 2.45) is 0 Å². The van der Waals surface area contributed by atoms with Crippen LogP contribution in [0.3, 0.4) is 0 Å². The fraction of sp³-hybridized carbons (Fsp3) is 0.875. The minimum absolute atomic E-state index is 0. The van der Waals surface area contributed by atoms with Gasteiger partial charge in [-0.05, 0) is 12.8 Å². The Kier molecular flexibility index (Phi) is 11.8. The fourth-order valence-electron chi connectivity index (χ4n) is 0.902. The molecule has 0 heterocycles. The second kappa shape index (κ2) is 9.84. The summed E-state index contributed by atoms with van der Waals surface area (Å²) in [7, 11) is -4.14. The van der Waals surface area contributed by atoms with Crippen LogP contribution >= 0.6 is 0 Å². The maximum atomic E-state index is 11.0. The molecule has 0 unspecified atom stereocenters. The summed E-state index contributed by atoms with van der Waals surface area (Å²) in [6.45, 7) is 2.24. The first-order valence-corrected chi connectivity index (χ1v) is 6.23. The van der Waals surface area contributed by atoms with E-state index in [1.165, 1.54) is 0 Å². The van der Waals surface area contributed by atoms with E-state index in [1.807, 2.05) is 6.92 Å². The smallest absolute Gasteiger partial charge is 0.748 e. The van der Waals surface area contributed by atoms with Crippen LogP contribution in [0.15, 0.2) is 0 Å². The van der Waals surface area contributed by atoms with E-state index in [9.17, 15) is 17.8 Å². The molecular weight excluding hydrogens is 246 g/mol. The van der Waals surface area contributed by atoms with Crippen LogP contribution in [0.2, 0.25) is 0 Å². The number of rotatable bonds is 7. The minimum Gasteiger partial charge on any atom is -0.748 e. The van der Waals surface area contributed by atoms with E-state index in [0.29, 0.717) is 6.42 Å². The van der Waals surface area contributed by atoms with E-state index in [1.54, 1.807) is 0 Å². The predicted molar refractivity (Wildman–Crippen MR) is 57.5 cm³/mol. The van der Waals surface area contributed by atoms with Gasteiger partial charge < -0.3 is 9.87 Å². The zero-order valence-corrected chi connectivity index (χ0v) is 12.0. The van der Waals surface area contributed by atoms with Crippen molar-refractivity contribution in [3.63, 3.8) is 0 Å². The Morgan fingerprint density at radius 2 is 1.93 bits per heavy atom. The fourth-order valence-corrected chi connectivity index (χ4v) is 1.40. The van der Waals surface area contributed by atoms with Crippen LogP contribution in [-0.2, 0) is 14.9 Å².